The van der Waals surface area contributed by atoms with Crippen LogP contribution >= 0.6 is 0 Å². The van der Waals surface area contributed by atoms with Crippen LogP contribution in [0.1, 0.15) is 42.3 Å². The molecular weight excluding hydrogens is 238 g/mol. The van der Waals surface area contributed by atoms with Gasteiger partial charge in [-0.25, -0.2) is 9.97 Å². The van der Waals surface area contributed by atoms with Gasteiger partial charge < -0.3 is 4.90 Å². The molecule has 100 valence electrons. The Kier molecular flexibility index (Phi) is 3.19. The van der Waals surface area contributed by atoms with Crippen molar-refractivity contribution in [1.82, 2.24) is 20.2 Å². The molecule has 3 heterocycles. The molecule has 0 unspecified atom stereocenters. The van der Waals surface area contributed by atoms with Crippen molar-refractivity contribution in [3.63, 3.8) is 0 Å². The molecule has 1 N–H and O–H groups in total. The van der Waals surface area contributed by atoms with Crippen LogP contribution in [-0.4, -0.2) is 26.7 Å². The van der Waals surface area contributed by atoms with Crippen molar-refractivity contribution in [2.45, 2.75) is 39.2 Å². The molecule has 0 aliphatic carbocycles. The van der Waals surface area contributed by atoms with Crippen molar-refractivity contribution in [3.05, 3.63) is 35.5 Å². The molecule has 0 aromatic carbocycles. The summed E-state index contributed by atoms with van der Waals surface area (Å²) in [7, 11) is 0. The number of hydrogen-bond donors (Lipinski definition) is 1. The lowest BCUT2D eigenvalue weighted by Crippen LogP contribution is -2.34. The first-order valence-corrected chi connectivity index (χ1v) is 6.81. The van der Waals surface area contributed by atoms with E-state index in [0.29, 0.717) is 6.04 Å². The maximum atomic E-state index is 4.43. The number of aromatic amines is 1. The zero-order valence-corrected chi connectivity index (χ0v) is 11.4. The number of hydrogen-bond acceptors (Lipinski definition) is 4. The minimum atomic E-state index is 0.352. The summed E-state index contributed by atoms with van der Waals surface area (Å²) < 4.78 is 0. The minimum Gasteiger partial charge on any atom is -0.348 e. The highest BCUT2D eigenvalue weighted by Crippen LogP contribution is 2.34. The zero-order valence-electron chi connectivity index (χ0n) is 11.4. The monoisotopic (exact) mass is 257 g/mol. The van der Waals surface area contributed by atoms with Crippen molar-refractivity contribution >= 4 is 5.82 Å². The maximum Gasteiger partial charge on any atom is 0.132 e. The molecule has 2 aromatic heterocycles. The first kappa shape index (κ1) is 12.1. The van der Waals surface area contributed by atoms with Gasteiger partial charge in [-0.1, -0.05) is 0 Å². The summed E-state index contributed by atoms with van der Waals surface area (Å²) >= 11 is 0. The van der Waals surface area contributed by atoms with Crippen LogP contribution in [0.15, 0.2) is 18.6 Å². The van der Waals surface area contributed by atoms with Gasteiger partial charge in [0.25, 0.3) is 0 Å². The van der Waals surface area contributed by atoms with Gasteiger partial charge in [-0.05, 0) is 38.7 Å². The average Bonchev–Trinajstić information content (AvgIpc) is 2.85. The van der Waals surface area contributed by atoms with Crippen LogP contribution in [0.25, 0.3) is 0 Å². The number of H-pyrrole nitrogens is 1. The second-order valence-electron chi connectivity index (χ2n) is 5.19. The van der Waals surface area contributed by atoms with Crippen molar-refractivity contribution in [1.29, 1.82) is 0 Å². The first-order chi connectivity index (χ1) is 9.25. The summed E-state index contributed by atoms with van der Waals surface area (Å²) in [6, 6.07) is 2.41. The Labute approximate surface area is 113 Å². The van der Waals surface area contributed by atoms with Gasteiger partial charge in [0.1, 0.15) is 12.1 Å². The Hall–Kier alpha value is -1.91. The van der Waals surface area contributed by atoms with E-state index in [-0.39, 0.29) is 0 Å². The van der Waals surface area contributed by atoms with Gasteiger partial charge in [0.15, 0.2) is 0 Å². The second-order valence-corrected chi connectivity index (χ2v) is 5.19. The van der Waals surface area contributed by atoms with Gasteiger partial charge in [0, 0.05) is 18.3 Å². The third kappa shape index (κ3) is 2.32. The van der Waals surface area contributed by atoms with Crippen LogP contribution in [0.4, 0.5) is 5.82 Å². The fourth-order valence-electron chi connectivity index (χ4n) is 2.80. The molecule has 19 heavy (non-hydrogen) atoms. The SMILES string of the molecule is Cc1cc(N2CCCC[C@@H]2c2[nH]ncc2C)ncn1. The van der Waals surface area contributed by atoms with Gasteiger partial charge in [-0.3, -0.25) is 5.10 Å². The molecule has 5 heteroatoms. The van der Waals surface area contributed by atoms with Crippen LogP contribution in [0.2, 0.25) is 0 Å². The van der Waals surface area contributed by atoms with E-state index in [0.717, 1.165) is 24.5 Å². The molecule has 1 atom stereocenters. The molecule has 0 saturated carbocycles. The highest BCUT2D eigenvalue weighted by atomic mass is 15.2. The van der Waals surface area contributed by atoms with E-state index in [2.05, 4.69) is 38.1 Å². The van der Waals surface area contributed by atoms with Gasteiger partial charge in [0.05, 0.1) is 17.9 Å². The van der Waals surface area contributed by atoms with Crippen LogP contribution < -0.4 is 4.90 Å². The predicted molar refractivity (Wildman–Crippen MR) is 74.0 cm³/mol. The number of aryl methyl sites for hydroxylation is 2. The van der Waals surface area contributed by atoms with E-state index in [1.54, 1.807) is 6.33 Å². The van der Waals surface area contributed by atoms with Crippen LogP contribution in [0, 0.1) is 13.8 Å². The summed E-state index contributed by atoms with van der Waals surface area (Å²) in [4.78, 5) is 11.0. The van der Waals surface area contributed by atoms with Gasteiger partial charge in [-0.15, -0.1) is 0 Å². The summed E-state index contributed by atoms with van der Waals surface area (Å²) in [5.41, 5.74) is 3.45. The molecule has 2 aromatic rings. The number of rotatable bonds is 2. The van der Waals surface area contributed by atoms with Crippen LogP contribution in [-0.2, 0) is 0 Å². The minimum absolute atomic E-state index is 0.352. The van der Waals surface area contributed by atoms with E-state index in [4.69, 9.17) is 0 Å². The summed E-state index contributed by atoms with van der Waals surface area (Å²) in [5.74, 6) is 1.02. The molecule has 0 radical (unpaired) electrons. The van der Waals surface area contributed by atoms with E-state index in [1.807, 2.05) is 13.1 Å². The maximum absolute atomic E-state index is 4.43. The van der Waals surface area contributed by atoms with Crippen LogP contribution in [0.3, 0.4) is 0 Å². The molecule has 5 nitrogen and oxygen atoms in total. The topological polar surface area (TPSA) is 57.7 Å². The molecule has 0 bridgehead atoms. The predicted octanol–water partition coefficient (Wildman–Crippen LogP) is 2.55. The zero-order chi connectivity index (χ0) is 13.2. The third-order valence-electron chi connectivity index (χ3n) is 3.79. The quantitative estimate of drug-likeness (QED) is 0.898. The Bertz CT molecular complexity index is 562. The summed E-state index contributed by atoms with van der Waals surface area (Å²) in [6.45, 7) is 5.15. The Morgan fingerprint density at radius 1 is 1.26 bits per heavy atom. The Balaban J connectivity index is 1.96. The number of nitrogens with one attached hydrogen (secondary N) is 1. The van der Waals surface area contributed by atoms with Gasteiger partial charge in [0.2, 0.25) is 0 Å². The van der Waals surface area contributed by atoms with Crippen LogP contribution in [0.5, 0.6) is 0 Å². The van der Waals surface area contributed by atoms with Crippen molar-refractivity contribution in [2.24, 2.45) is 0 Å². The number of aromatic nitrogens is 4. The molecule has 3 rings (SSSR count). The molecule has 0 spiro atoms. The fraction of sp³-hybridized carbons (Fsp3) is 0.500. The fourth-order valence-corrected chi connectivity index (χ4v) is 2.80. The van der Waals surface area contributed by atoms with Gasteiger partial charge in [-0.2, -0.15) is 5.10 Å². The largest absolute Gasteiger partial charge is 0.348 e. The Morgan fingerprint density at radius 2 is 2.16 bits per heavy atom. The number of nitrogens with zero attached hydrogens (tertiary/aromatic N) is 4. The number of piperidine rings is 1. The molecular formula is C14H19N5. The molecule has 1 fully saturated rings. The molecule has 1 aliphatic heterocycles. The molecule has 1 aliphatic rings. The summed E-state index contributed by atoms with van der Waals surface area (Å²) in [6.07, 6.45) is 7.16. The Morgan fingerprint density at radius 3 is 2.89 bits per heavy atom. The molecule has 0 amide bonds. The lowest BCUT2D eigenvalue weighted by atomic mass is 9.97. The van der Waals surface area contributed by atoms with E-state index >= 15 is 0 Å². The molecule has 1 saturated heterocycles. The number of anilines is 1. The van der Waals surface area contributed by atoms with E-state index < -0.39 is 0 Å². The van der Waals surface area contributed by atoms with Crippen molar-refractivity contribution in [2.75, 3.05) is 11.4 Å². The average molecular weight is 257 g/mol. The summed E-state index contributed by atoms with van der Waals surface area (Å²) in [5, 5.41) is 7.31. The van der Waals surface area contributed by atoms with Gasteiger partial charge >= 0.3 is 0 Å². The highest BCUT2D eigenvalue weighted by molar-refractivity contribution is 5.43. The lowest BCUT2D eigenvalue weighted by Gasteiger charge is -2.36. The lowest BCUT2D eigenvalue weighted by molar-refractivity contribution is 0.459. The van der Waals surface area contributed by atoms with Crippen molar-refractivity contribution in [3.8, 4) is 0 Å². The van der Waals surface area contributed by atoms with E-state index in [1.165, 1.54) is 24.1 Å². The second kappa shape index (κ2) is 4.99. The standard InChI is InChI=1S/C14H19N5/c1-10-8-17-18-14(10)12-5-3-4-6-19(12)13-7-11(2)15-9-16-13/h7-9,12H,3-6H2,1-2H3,(H,17,18)/t12-/m1/s1. The van der Waals surface area contributed by atoms with Crippen molar-refractivity contribution < 1.29 is 0 Å². The third-order valence-corrected chi connectivity index (χ3v) is 3.79. The smallest absolute Gasteiger partial charge is 0.132 e. The first-order valence-electron chi connectivity index (χ1n) is 6.81. The highest BCUT2D eigenvalue weighted by Gasteiger charge is 2.27. The van der Waals surface area contributed by atoms with E-state index in [9.17, 15) is 0 Å². The normalized spacial score (nSPS) is 19.7.